The first-order chi connectivity index (χ1) is 13.2. The Morgan fingerprint density at radius 2 is 2.14 bits per heavy atom. The number of carbonyl (C=O) groups is 1. The van der Waals surface area contributed by atoms with E-state index in [1.54, 1.807) is 13.3 Å². The maximum Gasteiger partial charge on any atom is 0.224 e. The van der Waals surface area contributed by atoms with Gasteiger partial charge in [-0.05, 0) is 48.9 Å². The number of methoxy groups -OCH3 is 1. The van der Waals surface area contributed by atoms with E-state index in [1.807, 2.05) is 36.4 Å². The van der Waals surface area contributed by atoms with Crippen molar-refractivity contribution in [1.29, 1.82) is 0 Å². The lowest BCUT2D eigenvalue weighted by Crippen LogP contribution is -2.40. The first kappa shape index (κ1) is 20.3. The zero-order chi connectivity index (χ0) is 20.4. The van der Waals surface area contributed by atoms with E-state index in [9.17, 15) is 13.2 Å². The Morgan fingerprint density at radius 1 is 1.36 bits per heavy atom. The second-order valence-corrected chi connectivity index (χ2v) is 9.19. The smallest absolute Gasteiger partial charge is 0.224 e. The topological polar surface area (TPSA) is 111 Å². The molecule has 1 aromatic heterocycles. The van der Waals surface area contributed by atoms with E-state index in [2.05, 4.69) is 9.71 Å². The van der Waals surface area contributed by atoms with Gasteiger partial charge >= 0.3 is 0 Å². The number of sulfonamides is 1. The van der Waals surface area contributed by atoms with E-state index in [-0.39, 0.29) is 6.04 Å². The molecule has 0 aliphatic heterocycles. The monoisotopic (exact) mass is 403 g/mol. The first-order valence-corrected chi connectivity index (χ1v) is 11.0. The number of aromatic nitrogens is 1. The highest BCUT2D eigenvalue weighted by molar-refractivity contribution is 7.88. The van der Waals surface area contributed by atoms with Crippen molar-refractivity contribution in [2.24, 2.45) is 11.1 Å². The zero-order valence-corrected chi connectivity index (χ0v) is 16.8. The molecule has 1 aromatic carbocycles. The summed E-state index contributed by atoms with van der Waals surface area (Å²) in [6.07, 6.45) is 4.79. The number of carbonyl (C=O) groups excluding carboxylic acids is 1. The normalized spacial score (nSPS) is 22.1. The number of hydrogen-bond acceptors (Lipinski definition) is 5. The molecular weight excluding hydrogens is 378 g/mol. The van der Waals surface area contributed by atoms with E-state index in [1.165, 1.54) is 0 Å². The SMILES string of the molecule is COc1ncccc1-c1cccc(C[C@]2(C(N)=O)CC[C@H](NS(C)(=O)=O)C2)c1. The molecule has 0 spiro atoms. The van der Waals surface area contributed by atoms with Gasteiger partial charge in [-0.2, -0.15) is 0 Å². The van der Waals surface area contributed by atoms with Gasteiger partial charge in [0, 0.05) is 17.8 Å². The molecule has 1 amide bonds. The minimum absolute atomic E-state index is 0.274. The molecule has 1 heterocycles. The molecule has 2 atom stereocenters. The van der Waals surface area contributed by atoms with Crippen LogP contribution in [0, 0.1) is 5.41 Å². The molecule has 3 N–H and O–H groups in total. The van der Waals surface area contributed by atoms with Crippen LogP contribution >= 0.6 is 0 Å². The average Bonchev–Trinajstić information content (AvgIpc) is 3.04. The summed E-state index contributed by atoms with van der Waals surface area (Å²) < 4.78 is 31.0. The van der Waals surface area contributed by atoms with E-state index >= 15 is 0 Å². The van der Waals surface area contributed by atoms with Crippen LogP contribution in [0.4, 0.5) is 0 Å². The Labute approximate surface area is 165 Å². The molecule has 1 saturated carbocycles. The van der Waals surface area contributed by atoms with Crippen LogP contribution in [0.15, 0.2) is 42.6 Å². The molecular formula is C20H25N3O4S. The fourth-order valence-corrected chi connectivity index (χ4v) is 4.82. The van der Waals surface area contributed by atoms with Gasteiger partial charge in [-0.15, -0.1) is 0 Å². The fraction of sp³-hybridized carbons (Fsp3) is 0.400. The number of rotatable bonds is 7. The van der Waals surface area contributed by atoms with E-state index in [4.69, 9.17) is 10.5 Å². The van der Waals surface area contributed by atoms with Gasteiger partial charge in [0.25, 0.3) is 0 Å². The molecule has 0 bridgehead atoms. The van der Waals surface area contributed by atoms with Crippen LogP contribution in [-0.4, -0.2) is 38.7 Å². The van der Waals surface area contributed by atoms with Gasteiger partial charge in [-0.25, -0.2) is 18.1 Å². The highest BCUT2D eigenvalue weighted by Crippen LogP contribution is 2.42. The molecule has 0 radical (unpaired) electrons. The van der Waals surface area contributed by atoms with Crippen LogP contribution in [-0.2, 0) is 21.2 Å². The molecule has 1 aliphatic carbocycles. The van der Waals surface area contributed by atoms with Gasteiger partial charge in [0.1, 0.15) is 0 Å². The number of nitrogens with zero attached hydrogens (tertiary/aromatic N) is 1. The van der Waals surface area contributed by atoms with Crippen LogP contribution < -0.4 is 15.2 Å². The van der Waals surface area contributed by atoms with E-state index in [0.29, 0.717) is 31.6 Å². The van der Waals surface area contributed by atoms with Crippen LogP contribution in [0.3, 0.4) is 0 Å². The first-order valence-electron chi connectivity index (χ1n) is 9.08. The summed E-state index contributed by atoms with van der Waals surface area (Å²) in [5, 5.41) is 0. The van der Waals surface area contributed by atoms with E-state index in [0.717, 1.165) is 22.9 Å². The number of primary amides is 1. The van der Waals surface area contributed by atoms with Crippen molar-refractivity contribution >= 4 is 15.9 Å². The Hall–Kier alpha value is -2.45. The van der Waals surface area contributed by atoms with Crippen molar-refractivity contribution in [3.63, 3.8) is 0 Å². The number of hydrogen-bond donors (Lipinski definition) is 2. The van der Waals surface area contributed by atoms with Gasteiger partial charge < -0.3 is 10.5 Å². The highest BCUT2D eigenvalue weighted by Gasteiger charge is 2.44. The van der Waals surface area contributed by atoms with Crippen LogP contribution in [0.5, 0.6) is 5.88 Å². The number of amides is 1. The number of nitrogens with one attached hydrogen (secondary N) is 1. The van der Waals surface area contributed by atoms with Crippen LogP contribution in [0.25, 0.3) is 11.1 Å². The van der Waals surface area contributed by atoms with Crippen molar-refractivity contribution in [1.82, 2.24) is 9.71 Å². The van der Waals surface area contributed by atoms with Crippen molar-refractivity contribution in [2.45, 2.75) is 31.7 Å². The summed E-state index contributed by atoms with van der Waals surface area (Å²) in [6, 6.07) is 11.3. The van der Waals surface area contributed by atoms with Crippen LogP contribution in [0.1, 0.15) is 24.8 Å². The molecule has 0 saturated heterocycles. The Bertz CT molecular complexity index is 977. The lowest BCUT2D eigenvalue weighted by Gasteiger charge is -2.26. The summed E-state index contributed by atoms with van der Waals surface area (Å²) in [5.74, 6) is 0.136. The van der Waals surface area contributed by atoms with Crippen molar-refractivity contribution in [3.05, 3.63) is 48.2 Å². The van der Waals surface area contributed by atoms with Gasteiger partial charge in [0.15, 0.2) is 0 Å². The standard InChI is InChI=1S/C20H25N3O4S/c1-27-18-17(7-4-10-22-18)15-6-3-5-14(11-15)12-20(19(21)24)9-8-16(13-20)23-28(2,25)26/h3-7,10-11,16,23H,8-9,12-13H2,1-2H3,(H2,21,24)/t16-,20+/m0/s1. The van der Waals surface area contributed by atoms with E-state index < -0.39 is 21.3 Å². The number of benzene rings is 1. The maximum absolute atomic E-state index is 12.3. The van der Waals surface area contributed by atoms with Crippen molar-refractivity contribution in [2.75, 3.05) is 13.4 Å². The molecule has 1 fully saturated rings. The average molecular weight is 404 g/mol. The Morgan fingerprint density at radius 3 is 2.82 bits per heavy atom. The second-order valence-electron chi connectivity index (χ2n) is 7.41. The number of ether oxygens (including phenoxy) is 1. The van der Waals surface area contributed by atoms with Gasteiger partial charge in [0.05, 0.1) is 18.8 Å². The summed E-state index contributed by atoms with van der Waals surface area (Å²) in [4.78, 5) is 16.5. The third-order valence-corrected chi connectivity index (χ3v) is 6.02. The van der Waals surface area contributed by atoms with Crippen molar-refractivity contribution < 1.29 is 17.9 Å². The molecule has 3 rings (SSSR count). The molecule has 1 aliphatic rings. The lowest BCUT2D eigenvalue weighted by atomic mass is 9.79. The Kier molecular flexibility index (Phi) is 5.71. The summed E-state index contributed by atoms with van der Waals surface area (Å²) in [5.41, 5.74) is 7.75. The van der Waals surface area contributed by atoms with Gasteiger partial charge in [-0.1, -0.05) is 24.3 Å². The predicted octanol–water partition coefficient (Wildman–Crippen LogP) is 1.87. The molecule has 7 nitrogen and oxygen atoms in total. The summed E-state index contributed by atoms with van der Waals surface area (Å²) in [6.45, 7) is 0. The molecule has 8 heteroatoms. The third-order valence-electron chi connectivity index (χ3n) is 5.26. The molecule has 0 unspecified atom stereocenters. The minimum atomic E-state index is -3.33. The predicted molar refractivity (Wildman–Crippen MR) is 107 cm³/mol. The quantitative estimate of drug-likeness (QED) is 0.733. The molecule has 2 aromatic rings. The second kappa shape index (κ2) is 7.89. The minimum Gasteiger partial charge on any atom is -0.481 e. The lowest BCUT2D eigenvalue weighted by molar-refractivity contribution is -0.127. The number of pyridine rings is 1. The van der Waals surface area contributed by atoms with Gasteiger partial charge in [-0.3, -0.25) is 4.79 Å². The highest BCUT2D eigenvalue weighted by atomic mass is 32.2. The van der Waals surface area contributed by atoms with Gasteiger partial charge in [0.2, 0.25) is 21.8 Å². The van der Waals surface area contributed by atoms with Crippen LogP contribution in [0.2, 0.25) is 0 Å². The largest absolute Gasteiger partial charge is 0.481 e. The molecule has 28 heavy (non-hydrogen) atoms. The molecule has 150 valence electrons. The summed E-state index contributed by atoms with van der Waals surface area (Å²) in [7, 11) is -1.76. The number of nitrogens with two attached hydrogens (primary N) is 1. The zero-order valence-electron chi connectivity index (χ0n) is 16.0. The van der Waals surface area contributed by atoms with Crippen molar-refractivity contribution in [3.8, 4) is 17.0 Å². The Balaban J connectivity index is 1.87. The fourth-order valence-electron chi connectivity index (χ4n) is 4.01. The maximum atomic E-state index is 12.3. The summed E-state index contributed by atoms with van der Waals surface area (Å²) >= 11 is 0. The third kappa shape index (κ3) is 4.51.